The van der Waals surface area contributed by atoms with Crippen LogP contribution in [0.1, 0.15) is 6.92 Å². The van der Waals surface area contributed by atoms with Crippen LogP contribution in [0, 0.1) is 0 Å². The van der Waals surface area contributed by atoms with E-state index >= 15 is 0 Å². The molecule has 0 saturated heterocycles. The van der Waals surface area contributed by atoms with Crippen LogP contribution in [0.5, 0.6) is 0 Å². The number of nitrogens with zero attached hydrogens (tertiary/aromatic N) is 4. The molecule has 6 heteroatoms. The number of carbonyl (C=O) groups is 1. The van der Waals surface area contributed by atoms with E-state index in [4.69, 9.17) is 5.73 Å². The van der Waals surface area contributed by atoms with E-state index in [0.717, 1.165) is 0 Å². The highest BCUT2D eigenvalue weighted by Gasteiger charge is 2.14. The van der Waals surface area contributed by atoms with Crippen LogP contribution in [0.25, 0.3) is 0 Å². The summed E-state index contributed by atoms with van der Waals surface area (Å²) in [5.74, 6) is 0.618. The molecule has 1 aromatic rings. The smallest absolute Gasteiger partial charge is 0.241 e. The second kappa shape index (κ2) is 5.29. The lowest BCUT2D eigenvalue weighted by Gasteiger charge is -2.23. The number of amides is 1. The molecule has 88 valence electrons. The van der Waals surface area contributed by atoms with E-state index in [0.29, 0.717) is 18.1 Å². The Morgan fingerprint density at radius 1 is 1.50 bits per heavy atom. The molecule has 16 heavy (non-hydrogen) atoms. The zero-order valence-electron chi connectivity index (χ0n) is 9.84. The summed E-state index contributed by atoms with van der Waals surface area (Å²) >= 11 is 0. The van der Waals surface area contributed by atoms with Crippen LogP contribution in [-0.2, 0) is 4.79 Å². The fourth-order valence-corrected chi connectivity index (χ4v) is 1.24. The summed E-state index contributed by atoms with van der Waals surface area (Å²) in [5.41, 5.74) is 6.24. The first kappa shape index (κ1) is 12.2. The zero-order chi connectivity index (χ0) is 12.1. The second-order valence-corrected chi connectivity index (χ2v) is 3.60. The summed E-state index contributed by atoms with van der Waals surface area (Å²) in [5, 5.41) is 0. The van der Waals surface area contributed by atoms with E-state index in [1.807, 2.05) is 11.8 Å². The largest absolute Gasteiger partial charge is 0.394 e. The fraction of sp³-hybridized carbons (Fsp3) is 0.500. The second-order valence-electron chi connectivity index (χ2n) is 3.60. The lowest BCUT2D eigenvalue weighted by molar-refractivity contribution is -0.127. The summed E-state index contributed by atoms with van der Waals surface area (Å²) in [6.45, 7) is 2.88. The van der Waals surface area contributed by atoms with Crippen LogP contribution in [0.2, 0.25) is 0 Å². The molecule has 1 amide bonds. The van der Waals surface area contributed by atoms with Gasteiger partial charge in [-0.3, -0.25) is 4.79 Å². The number of aromatic nitrogens is 2. The van der Waals surface area contributed by atoms with Gasteiger partial charge in [-0.25, -0.2) is 9.97 Å². The molecule has 1 heterocycles. The standard InChI is InChI=1S/C10H17N5O/c1-4-15(6-9(16)14(2)3)10-8(11)5-12-7-13-10/h5,7H,4,6,11H2,1-3H3. The van der Waals surface area contributed by atoms with Gasteiger partial charge in [0.25, 0.3) is 0 Å². The Balaban J connectivity index is 2.83. The number of hydrogen-bond donors (Lipinski definition) is 1. The predicted molar refractivity (Wildman–Crippen MR) is 63.0 cm³/mol. The molecule has 1 rings (SSSR count). The van der Waals surface area contributed by atoms with Crippen molar-refractivity contribution in [2.45, 2.75) is 6.92 Å². The van der Waals surface area contributed by atoms with Crippen molar-refractivity contribution in [3.05, 3.63) is 12.5 Å². The SMILES string of the molecule is CCN(CC(=O)N(C)C)c1ncncc1N. The third-order valence-corrected chi connectivity index (χ3v) is 2.22. The van der Waals surface area contributed by atoms with Gasteiger partial charge in [0, 0.05) is 20.6 Å². The van der Waals surface area contributed by atoms with Crippen LogP contribution < -0.4 is 10.6 Å². The minimum Gasteiger partial charge on any atom is -0.394 e. The van der Waals surface area contributed by atoms with Gasteiger partial charge in [-0.15, -0.1) is 0 Å². The summed E-state index contributed by atoms with van der Waals surface area (Å²) in [6.07, 6.45) is 2.96. The van der Waals surface area contributed by atoms with Gasteiger partial charge in [-0.2, -0.15) is 0 Å². The van der Waals surface area contributed by atoms with E-state index in [1.165, 1.54) is 12.5 Å². The van der Waals surface area contributed by atoms with E-state index in [9.17, 15) is 4.79 Å². The average molecular weight is 223 g/mol. The van der Waals surface area contributed by atoms with Gasteiger partial charge >= 0.3 is 0 Å². The molecule has 0 aromatic carbocycles. The predicted octanol–water partition coefficient (Wildman–Crippen LogP) is -0.0267. The van der Waals surface area contributed by atoms with E-state index in [-0.39, 0.29) is 12.5 Å². The van der Waals surface area contributed by atoms with Gasteiger partial charge in [0.05, 0.1) is 18.4 Å². The molecule has 0 aliphatic rings. The van der Waals surface area contributed by atoms with Gasteiger partial charge in [0.15, 0.2) is 5.82 Å². The van der Waals surface area contributed by atoms with E-state index in [1.54, 1.807) is 19.0 Å². The highest BCUT2D eigenvalue weighted by atomic mass is 16.2. The first-order valence-corrected chi connectivity index (χ1v) is 5.06. The number of nitrogen functional groups attached to an aromatic ring is 1. The normalized spacial score (nSPS) is 9.94. The number of rotatable bonds is 4. The third-order valence-electron chi connectivity index (χ3n) is 2.22. The minimum atomic E-state index is 0.0138. The molecule has 0 fully saturated rings. The van der Waals surface area contributed by atoms with Crippen molar-refractivity contribution in [1.29, 1.82) is 0 Å². The molecule has 0 saturated carbocycles. The lowest BCUT2D eigenvalue weighted by atomic mass is 10.4. The summed E-state index contributed by atoms with van der Waals surface area (Å²) in [6, 6.07) is 0. The Labute approximate surface area is 95.1 Å². The number of hydrogen-bond acceptors (Lipinski definition) is 5. The minimum absolute atomic E-state index is 0.0138. The molecule has 6 nitrogen and oxygen atoms in total. The van der Waals surface area contributed by atoms with Crippen LogP contribution in [-0.4, -0.2) is 48.0 Å². The molecule has 0 aliphatic carbocycles. The Morgan fingerprint density at radius 3 is 2.69 bits per heavy atom. The van der Waals surface area contributed by atoms with E-state index < -0.39 is 0 Å². The Bertz CT molecular complexity index is 366. The van der Waals surface area contributed by atoms with Gasteiger partial charge in [-0.05, 0) is 6.92 Å². The summed E-state index contributed by atoms with van der Waals surface area (Å²) in [4.78, 5) is 22.9. The zero-order valence-corrected chi connectivity index (χ0v) is 9.84. The topological polar surface area (TPSA) is 75.4 Å². The lowest BCUT2D eigenvalue weighted by Crippen LogP contribution is -2.37. The highest BCUT2D eigenvalue weighted by Crippen LogP contribution is 2.17. The number of likely N-dealkylation sites (N-methyl/N-ethyl adjacent to an activating group) is 2. The Hall–Kier alpha value is -1.85. The number of nitrogens with two attached hydrogens (primary N) is 1. The molecule has 2 N–H and O–H groups in total. The Morgan fingerprint density at radius 2 is 2.19 bits per heavy atom. The maximum Gasteiger partial charge on any atom is 0.241 e. The van der Waals surface area contributed by atoms with Crippen LogP contribution >= 0.6 is 0 Å². The average Bonchev–Trinajstić information content (AvgIpc) is 2.26. The molecule has 0 unspecified atom stereocenters. The molecule has 0 bridgehead atoms. The molecular formula is C10H17N5O. The van der Waals surface area contributed by atoms with Crippen LogP contribution in [0.15, 0.2) is 12.5 Å². The number of carbonyl (C=O) groups excluding carboxylic acids is 1. The first-order chi connectivity index (χ1) is 7.56. The maximum absolute atomic E-state index is 11.6. The van der Waals surface area contributed by atoms with Crippen molar-refractivity contribution >= 4 is 17.4 Å². The van der Waals surface area contributed by atoms with Gasteiger partial charge in [0.1, 0.15) is 6.33 Å². The molecule has 0 radical (unpaired) electrons. The molecule has 0 spiro atoms. The van der Waals surface area contributed by atoms with Crippen molar-refractivity contribution in [2.24, 2.45) is 0 Å². The maximum atomic E-state index is 11.6. The van der Waals surface area contributed by atoms with Crippen LogP contribution in [0.3, 0.4) is 0 Å². The quantitative estimate of drug-likeness (QED) is 0.776. The molecular weight excluding hydrogens is 206 g/mol. The highest BCUT2D eigenvalue weighted by molar-refractivity contribution is 5.81. The molecule has 0 atom stereocenters. The van der Waals surface area contributed by atoms with Gasteiger partial charge < -0.3 is 15.5 Å². The van der Waals surface area contributed by atoms with Crippen molar-refractivity contribution < 1.29 is 4.79 Å². The Kier molecular flexibility index (Phi) is 4.04. The van der Waals surface area contributed by atoms with Crippen molar-refractivity contribution in [2.75, 3.05) is 37.8 Å². The van der Waals surface area contributed by atoms with Gasteiger partial charge in [0.2, 0.25) is 5.91 Å². The number of anilines is 2. The first-order valence-electron chi connectivity index (χ1n) is 5.06. The fourth-order valence-electron chi connectivity index (χ4n) is 1.24. The van der Waals surface area contributed by atoms with E-state index in [2.05, 4.69) is 9.97 Å². The summed E-state index contributed by atoms with van der Waals surface area (Å²) in [7, 11) is 3.44. The van der Waals surface area contributed by atoms with Crippen molar-refractivity contribution in [3.63, 3.8) is 0 Å². The monoisotopic (exact) mass is 223 g/mol. The third kappa shape index (κ3) is 2.82. The molecule has 0 aliphatic heterocycles. The molecule has 1 aromatic heterocycles. The van der Waals surface area contributed by atoms with Gasteiger partial charge in [-0.1, -0.05) is 0 Å². The van der Waals surface area contributed by atoms with Crippen LogP contribution in [0.4, 0.5) is 11.5 Å². The summed E-state index contributed by atoms with van der Waals surface area (Å²) < 4.78 is 0. The van der Waals surface area contributed by atoms with Crippen molar-refractivity contribution in [3.8, 4) is 0 Å². The van der Waals surface area contributed by atoms with Crippen molar-refractivity contribution in [1.82, 2.24) is 14.9 Å².